The third-order valence-corrected chi connectivity index (χ3v) is 4.92. The molecular formula is C18H25NO3. The smallest absolute Gasteiger partial charge is 0.306 e. The largest absolute Gasteiger partial charge is 0.481 e. The van der Waals surface area contributed by atoms with E-state index in [9.17, 15) is 9.59 Å². The molecule has 1 aliphatic rings. The van der Waals surface area contributed by atoms with E-state index in [0.29, 0.717) is 25.7 Å². The Morgan fingerprint density at radius 2 is 1.73 bits per heavy atom. The van der Waals surface area contributed by atoms with Crippen LogP contribution < -0.4 is 5.32 Å². The molecule has 2 rings (SSSR count). The second kappa shape index (κ2) is 6.95. The number of carbonyl (C=O) groups excluding carboxylic acids is 1. The minimum atomic E-state index is -0.734. The molecule has 1 amide bonds. The number of nitrogens with one attached hydrogen (secondary N) is 1. The fourth-order valence-electron chi connectivity index (χ4n) is 3.25. The molecule has 0 radical (unpaired) electrons. The average molecular weight is 303 g/mol. The molecule has 4 heteroatoms. The number of amides is 1. The molecule has 0 aliphatic heterocycles. The summed E-state index contributed by atoms with van der Waals surface area (Å²) in [5.74, 6) is -1.01. The molecule has 1 aliphatic carbocycles. The summed E-state index contributed by atoms with van der Waals surface area (Å²) in [5.41, 5.74) is 3.58. The first-order chi connectivity index (χ1) is 10.4. The van der Waals surface area contributed by atoms with Crippen LogP contribution in [-0.2, 0) is 9.59 Å². The molecule has 0 aromatic heterocycles. The predicted molar refractivity (Wildman–Crippen MR) is 85.6 cm³/mol. The topological polar surface area (TPSA) is 66.4 Å². The predicted octanol–water partition coefficient (Wildman–Crippen LogP) is 3.37. The van der Waals surface area contributed by atoms with Crippen LogP contribution in [0.15, 0.2) is 18.2 Å². The van der Waals surface area contributed by atoms with Gasteiger partial charge < -0.3 is 10.4 Å². The third-order valence-electron chi connectivity index (χ3n) is 4.92. The summed E-state index contributed by atoms with van der Waals surface area (Å²) in [6, 6.07) is 6.11. The lowest BCUT2D eigenvalue weighted by Gasteiger charge is -2.27. The van der Waals surface area contributed by atoms with Crippen LogP contribution in [0.25, 0.3) is 0 Å². The number of benzene rings is 1. The van der Waals surface area contributed by atoms with Gasteiger partial charge in [0, 0.05) is 5.92 Å². The van der Waals surface area contributed by atoms with Gasteiger partial charge in [-0.2, -0.15) is 0 Å². The molecule has 22 heavy (non-hydrogen) atoms. The first kappa shape index (κ1) is 16.5. The molecule has 1 saturated carbocycles. The highest BCUT2D eigenvalue weighted by Gasteiger charge is 2.30. The van der Waals surface area contributed by atoms with E-state index in [1.54, 1.807) is 0 Å². The van der Waals surface area contributed by atoms with Gasteiger partial charge in [-0.3, -0.25) is 9.59 Å². The van der Waals surface area contributed by atoms with E-state index >= 15 is 0 Å². The van der Waals surface area contributed by atoms with Gasteiger partial charge in [0.25, 0.3) is 0 Å². The second-order valence-electron chi connectivity index (χ2n) is 6.41. The van der Waals surface area contributed by atoms with Crippen LogP contribution in [0.3, 0.4) is 0 Å². The fourth-order valence-corrected chi connectivity index (χ4v) is 3.25. The minimum absolute atomic E-state index is 0.0235. The summed E-state index contributed by atoms with van der Waals surface area (Å²) in [6.45, 7) is 6.15. The Hall–Kier alpha value is -1.84. The second-order valence-corrected chi connectivity index (χ2v) is 6.41. The zero-order valence-electron chi connectivity index (χ0n) is 13.6. The number of aliphatic carboxylic acids is 1. The molecule has 120 valence electrons. The van der Waals surface area contributed by atoms with Crippen LogP contribution >= 0.6 is 0 Å². The molecule has 0 heterocycles. The van der Waals surface area contributed by atoms with E-state index in [2.05, 4.69) is 31.3 Å². The van der Waals surface area contributed by atoms with Gasteiger partial charge in [-0.15, -0.1) is 0 Å². The Labute approximate surface area is 131 Å². The van der Waals surface area contributed by atoms with Crippen molar-refractivity contribution in [3.63, 3.8) is 0 Å². The van der Waals surface area contributed by atoms with Crippen molar-refractivity contribution in [1.29, 1.82) is 0 Å². The zero-order chi connectivity index (χ0) is 16.3. The Kier molecular flexibility index (Phi) is 5.22. The normalized spacial score (nSPS) is 22.9. The van der Waals surface area contributed by atoms with Gasteiger partial charge >= 0.3 is 5.97 Å². The number of aryl methyl sites for hydroxylation is 1. The van der Waals surface area contributed by atoms with Gasteiger partial charge in [-0.05, 0) is 63.1 Å². The van der Waals surface area contributed by atoms with Crippen molar-refractivity contribution >= 4 is 11.9 Å². The van der Waals surface area contributed by atoms with E-state index in [0.717, 1.165) is 5.56 Å². The number of carboxylic acids is 1. The summed E-state index contributed by atoms with van der Waals surface area (Å²) in [6.07, 6.45) is 2.54. The van der Waals surface area contributed by atoms with E-state index in [1.807, 2.05) is 13.0 Å². The molecule has 0 bridgehead atoms. The lowest BCUT2D eigenvalue weighted by Crippen LogP contribution is -2.36. The van der Waals surface area contributed by atoms with Crippen LogP contribution in [-0.4, -0.2) is 17.0 Å². The SMILES string of the molecule is Cc1cccc(C(C)NC(=O)C2CCC(C(=O)O)CC2)c1C. The number of carboxylic acid groups (broad SMARTS) is 1. The molecule has 2 N–H and O–H groups in total. The van der Waals surface area contributed by atoms with Gasteiger partial charge in [-0.1, -0.05) is 18.2 Å². The summed E-state index contributed by atoms with van der Waals surface area (Å²) in [5, 5.41) is 12.1. The lowest BCUT2D eigenvalue weighted by molar-refractivity contribution is -0.144. The highest BCUT2D eigenvalue weighted by Crippen LogP contribution is 2.30. The van der Waals surface area contributed by atoms with Gasteiger partial charge in [0.1, 0.15) is 0 Å². The van der Waals surface area contributed by atoms with Gasteiger partial charge in [0.05, 0.1) is 12.0 Å². The van der Waals surface area contributed by atoms with Crippen molar-refractivity contribution in [1.82, 2.24) is 5.32 Å². The molecule has 1 aromatic rings. The summed E-state index contributed by atoms with van der Waals surface area (Å²) >= 11 is 0. The van der Waals surface area contributed by atoms with Gasteiger partial charge in [0.2, 0.25) is 5.91 Å². The maximum Gasteiger partial charge on any atom is 0.306 e. The highest BCUT2D eigenvalue weighted by atomic mass is 16.4. The first-order valence-corrected chi connectivity index (χ1v) is 7.99. The Balaban J connectivity index is 1.95. The zero-order valence-corrected chi connectivity index (χ0v) is 13.6. The Morgan fingerprint density at radius 3 is 2.32 bits per heavy atom. The maximum absolute atomic E-state index is 12.4. The van der Waals surface area contributed by atoms with Gasteiger partial charge in [0.15, 0.2) is 0 Å². The summed E-state index contributed by atoms with van der Waals surface area (Å²) < 4.78 is 0. The minimum Gasteiger partial charge on any atom is -0.481 e. The quantitative estimate of drug-likeness (QED) is 0.896. The molecule has 4 nitrogen and oxygen atoms in total. The standard InChI is InChI=1S/C18H25NO3/c1-11-5-4-6-16(12(11)2)13(3)19-17(20)14-7-9-15(10-8-14)18(21)22/h4-6,13-15H,7-10H2,1-3H3,(H,19,20)(H,21,22). The average Bonchev–Trinajstić information content (AvgIpc) is 2.50. The maximum atomic E-state index is 12.4. The lowest BCUT2D eigenvalue weighted by atomic mass is 9.81. The van der Waals surface area contributed by atoms with Crippen molar-refractivity contribution in [3.05, 3.63) is 34.9 Å². The number of hydrogen-bond donors (Lipinski definition) is 2. The molecule has 0 saturated heterocycles. The fraction of sp³-hybridized carbons (Fsp3) is 0.556. The van der Waals surface area contributed by atoms with Crippen molar-refractivity contribution in [3.8, 4) is 0 Å². The molecule has 1 aromatic carbocycles. The highest BCUT2D eigenvalue weighted by molar-refractivity contribution is 5.79. The van der Waals surface area contributed by atoms with E-state index in [4.69, 9.17) is 5.11 Å². The number of hydrogen-bond acceptors (Lipinski definition) is 2. The summed E-state index contributed by atoms with van der Waals surface area (Å²) in [4.78, 5) is 23.4. The molecular weight excluding hydrogens is 278 g/mol. The van der Waals surface area contributed by atoms with E-state index in [-0.39, 0.29) is 23.8 Å². The van der Waals surface area contributed by atoms with Crippen LogP contribution in [0.5, 0.6) is 0 Å². The Morgan fingerprint density at radius 1 is 1.14 bits per heavy atom. The molecule has 1 fully saturated rings. The van der Waals surface area contributed by atoms with Gasteiger partial charge in [-0.25, -0.2) is 0 Å². The molecule has 1 unspecified atom stereocenters. The monoisotopic (exact) mass is 303 g/mol. The summed E-state index contributed by atoms with van der Waals surface area (Å²) in [7, 11) is 0. The number of carbonyl (C=O) groups is 2. The number of rotatable bonds is 4. The van der Waals surface area contributed by atoms with Crippen LogP contribution in [0.1, 0.15) is 55.3 Å². The van der Waals surface area contributed by atoms with Crippen molar-refractivity contribution in [2.24, 2.45) is 11.8 Å². The molecule has 1 atom stereocenters. The van der Waals surface area contributed by atoms with E-state index in [1.165, 1.54) is 11.1 Å². The van der Waals surface area contributed by atoms with Crippen LogP contribution in [0.2, 0.25) is 0 Å². The van der Waals surface area contributed by atoms with Crippen molar-refractivity contribution in [2.45, 2.75) is 52.5 Å². The van der Waals surface area contributed by atoms with E-state index < -0.39 is 5.97 Å². The van der Waals surface area contributed by atoms with Crippen molar-refractivity contribution < 1.29 is 14.7 Å². The first-order valence-electron chi connectivity index (χ1n) is 7.99. The molecule has 0 spiro atoms. The third kappa shape index (κ3) is 3.67. The van der Waals surface area contributed by atoms with Crippen LogP contribution in [0, 0.1) is 25.7 Å². The Bertz CT molecular complexity index is 559. The van der Waals surface area contributed by atoms with Crippen molar-refractivity contribution in [2.75, 3.05) is 0 Å². The van der Waals surface area contributed by atoms with Crippen LogP contribution in [0.4, 0.5) is 0 Å².